The highest BCUT2D eigenvalue weighted by Crippen LogP contribution is 2.14. The van der Waals surface area contributed by atoms with Crippen LogP contribution in [0.1, 0.15) is 11.1 Å². The van der Waals surface area contributed by atoms with Crippen LogP contribution in [-0.2, 0) is 16.1 Å². The molecule has 4 N–H and O–H groups in total. The van der Waals surface area contributed by atoms with Crippen LogP contribution in [0.15, 0.2) is 18.2 Å². The Hall–Kier alpha value is -1.59. The smallest absolute Gasteiger partial charge is 0.323 e. The van der Waals surface area contributed by atoms with Crippen LogP contribution >= 0.6 is 11.6 Å². The first-order valence-electron chi connectivity index (χ1n) is 4.58. The molecule has 86 valence electrons. The molecule has 5 nitrogen and oxygen atoms in total. The molecule has 1 rings (SSSR count). The van der Waals surface area contributed by atoms with Crippen LogP contribution in [0.5, 0.6) is 0 Å². The number of rotatable bonds is 2. The van der Waals surface area contributed by atoms with Gasteiger partial charge in [0.2, 0.25) is 0 Å². The van der Waals surface area contributed by atoms with Crippen molar-refractivity contribution in [3.05, 3.63) is 34.3 Å². The third kappa shape index (κ3) is 3.22. The van der Waals surface area contributed by atoms with Gasteiger partial charge in [-0.15, -0.1) is 0 Å². The molecule has 16 heavy (non-hydrogen) atoms. The summed E-state index contributed by atoms with van der Waals surface area (Å²) < 4.78 is 0. The Morgan fingerprint density at radius 2 is 2.06 bits per heavy atom. The summed E-state index contributed by atoms with van der Waals surface area (Å²) >= 11 is 5.78. The van der Waals surface area contributed by atoms with Crippen LogP contribution in [0.3, 0.4) is 0 Å². The van der Waals surface area contributed by atoms with Gasteiger partial charge in [-0.25, -0.2) is 5.84 Å². The minimum absolute atomic E-state index is 0.259. The molecule has 1 aromatic rings. The lowest BCUT2D eigenvalue weighted by Gasteiger charge is -2.07. The Balaban J connectivity index is 2.61. The van der Waals surface area contributed by atoms with E-state index in [1.54, 1.807) is 23.6 Å². The highest BCUT2D eigenvalue weighted by atomic mass is 35.5. The Morgan fingerprint density at radius 3 is 2.62 bits per heavy atom. The lowest BCUT2D eigenvalue weighted by molar-refractivity contribution is -0.139. The molecule has 0 aliphatic heterocycles. The summed E-state index contributed by atoms with van der Waals surface area (Å²) in [6, 6.07) is 5.30. The number of aryl methyl sites for hydroxylation is 1. The fraction of sp³-hybridized carbons (Fsp3) is 0.200. The first kappa shape index (κ1) is 12.5. The molecule has 0 atom stereocenters. The number of carbonyl (C=O) groups is 2. The van der Waals surface area contributed by atoms with Gasteiger partial charge < -0.3 is 5.32 Å². The number of amides is 2. The Morgan fingerprint density at radius 1 is 1.38 bits per heavy atom. The van der Waals surface area contributed by atoms with E-state index in [2.05, 4.69) is 5.32 Å². The van der Waals surface area contributed by atoms with Crippen molar-refractivity contribution in [1.29, 1.82) is 0 Å². The van der Waals surface area contributed by atoms with Crippen LogP contribution in [0, 0.1) is 6.92 Å². The zero-order chi connectivity index (χ0) is 12.1. The second kappa shape index (κ2) is 5.48. The number of benzene rings is 1. The number of halogens is 1. The SMILES string of the molecule is Cc1cc(Cl)ccc1CNC(=O)C(=O)NN. The quantitative estimate of drug-likeness (QED) is 0.300. The number of hydrazine groups is 1. The second-order valence-corrected chi connectivity index (χ2v) is 3.66. The molecule has 1 aromatic carbocycles. The molecule has 0 unspecified atom stereocenters. The van der Waals surface area contributed by atoms with Gasteiger partial charge in [0.15, 0.2) is 0 Å². The highest BCUT2D eigenvalue weighted by molar-refractivity contribution is 6.34. The molecular formula is C10H12ClN3O2. The summed E-state index contributed by atoms with van der Waals surface area (Å²) in [5.41, 5.74) is 3.59. The molecule has 0 spiro atoms. The fourth-order valence-corrected chi connectivity index (χ4v) is 1.41. The Bertz CT molecular complexity index is 421. The van der Waals surface area contributed by atoms with Crippen molar-refractivity contribution < 1.29 is 9.59 Å². The molecule has 0 saturated carbocycles. The van der Waals surface area contributed by atoms with Gasteiger partial charge in [-0.1, -0.05) is 17.7 Å². The lowest BCUT2D eigenvalue weighted by Crippen LogP contribution is -2.42. The maximum absolute atomic E-state index is 11.1. The van der Waals surface area contributed by atoms with Gasteiger partial charge in [-0.05, 0) is 30.2 Å². The van der Waals surface area contributed by atoms with Gasteiger partial charge in [0.1, 0.15) is 0 Å². The monoisotopic (exact) mass is 241 g/mol. The van der Waals surface area contributed by atoms with Gasteiger partial charge in [0, 0.05) is 11.6 Å². The standard InChI is InChI=1S/C10H12ClN3O2/c1-6-4-8(11)3-2-7(6)5-13-9(15)10(16)14-12/h2-4H,5,12H2,1H3,(H,13,15)(H,14,16). The maximum Gasteiger partial charge on any atom is 0.323 e. The summed E-state index contributed by atoms with van der Waals surface area (Å²) in [6.07, 6.45) is 0. The zero-order valence-corrected chi connectivity index (χ0v) is 9.47. The van der Waals surface area contributed by atoms with Gasteiger partial charge in [-0.2, -0.15) is 0 Å². The van der Waals surface area contributed by atoms with Crippen LogP contribution in [0.2, 0.25) is 5.02 Å². The third-order valence-corrected chi connectivity index (χ3v) is 2.32. The van der Waals surface area contributed by atoms with Crippen LogP contribution in [0.4, 0.5) is 0 Å². The minimum Gasteiger partial charge on any atom is -0.344 e. The number of carbonyl (C=O) groups excluding carboxylic acids is 2. The topological polar surface area (TPSA) is 84.2 Å². The molecule has 0 heterocycles. The van der Waals surface area contributed by atoms with E-state index in [-0.39, 0.29) is 6.54 Å². The van der Waals surface area contributed by atoms with Crippen molar-refractivity contribution in [2.24, 2.45) is 5.84 Å². The lowest BCUT2D eigenvalue weighted by atomic mass is 10.1. The first-order valence-corrected chi connectivity index (χ1v) is 4.96. The van der Waals surface area contributed by atoms with Crippen LogP contribution in [-0.4, -0.2) is 11.8 Å². The highest BCUT2D eigenvalue weighted by Gasteiger charge is 2.11. The first-order chi connectivity index (χ1) is 7.54. The second-order valence-electron chi connectivity index (χ2n) is 3.23. The van der Waals surface area contributed by atoms with Crippen LogP contribution < -0.4 is 16.6 Å². The van der Waals surface area contributed by atoms with E-state index < -0.39 is 11.8 Å². The summed E-state index contributed by atoms with van der Waals surface area (Å²) in [5, 5.41) is 3.07. The average molecular weight is 242 g/mol. The number of nitrogens with two attached hydrogens (primary N) is 1. The van der Waals surface area contributed by atoms with E-state index in [1.807, 2.05) is 6.92 Å². The molecule has 0 bridgehead atoms. The molecule has 0 radical (unpaired) electrons. The molecule has 0 aliphatic rings. The molecule has 0 aliphatic carbocycles. The van der Waals surface area contributed by atoms with E-state index in [4.69, 9.17) is 17.4 Å². The molecule has 0 fully saturated rings. The number of nitrogens with one attached hydrogen (secondary N) is 2. The van der Waals surface area contributed by atoms with Gasteiger partial charge >= 0.3 is 11.8 Å². The molecule has 0 aromatic heterocycles. The van der Waals surface area contributed by atoms with Crippen molar-refractivity contribution in [3.8, 4) is 0 Å². The molecule has 6 heteroatoms. The van der Waals surface area contributed by atoms with Crippen molar-refractivity contribution in [1.82, 2.24) is 10.7 Å². The Labute approximate surface area is 97.9 Å². The largest absolute Gasteiger partial charge is 0.344 e. The van der Waals surface area contributed by atoms with Crippen molar-refractivity contribution >= 4 is 23.4 Å². The summed E-state index contributed by atoms with van der Waals surface area (Å²) in [4.78, 5) is 21.9. The van der Waals surface area contributed by atoms with Gasteiger partial charge in [-0.3, -0.25) is 15.0 Å². The van der Waals surface area contributed by atoms with Crippen LogP contribution in [0.25, 0.3) is 0 Å². The summed E-state index contributed by atoms with van der Waals surface area (Å²) in [6.45, 7) is 2.13. The molecule has 0 saturated heterocycles. The van der Waals surface area contributed by atoms with E-state index in [9.17, 15) is 9.59 Å². The number of hydrogen-bond donors (Lipinski definition) is 3. The van der Waals surface area contributed by atoms with Gasteiger partial charge in [0.05, 0.1) is 0 Å². The van der Waals surface area contributed by atoms with E-state index in [0.717, 1.165) is 11.1 Å². The predicted octanol–water partition coefficient (Wildman–Crippen LogP) is 0.255. The summed E-state index contributed by atoms with van der Waals surface area (Å²) in [7, 11) is 0. The van der Waals surface area contributed by atoms with Crippen molar-refractivity contribution in [3.63, 3.8) is 0 Å². The predicted molar refractivity (Wildman–Crippen MR) is 60.4 cm³/mol. The minimum atomic E-state index is -0.869. The van der Waals surface area contributed by atoms with E-state index in [0.29, 0.717) is 5.02 Å². The fourth-order valence-electron chi connectivity index (χ4n) is 1.18. The van der Waals surface area contributed by atoms with E-state index >= 15 is 0 Å². The normalized spacial score (nSPS) is 9.69. The molecule has 2 amide bonds. The Kier molecular flexibility index (Phi) is 4.28. The average Bonchev–Trinajstić information content (AvgIpc) is 2.26. The maximum atomic E-state index is 11.1. The van der Waals surface area contributed by atoms with Gasteiger partial charge in [0.25, 0.3) is 0 Å². The number of hydrogen-bond acceptors (Lipinski definition) is 3. The molecular weight excluding hydrogens is 230 g/mol. The van der Waals surface area contributed by atoms with Crippen molar-refractivity contribution in [2.45, 2.75) is 13.5 Å². The zero-order valence-electron chi connectivity index (χ0n) is 8.71. The summed E-state index contributed by atoms with van der Waals surface area (Å²) in [5.74, 6) is 3.18. The third-order valence-electron chi connectivity index (χ3n) is 2.08. The van der Waals surface area contributed by atoms with Crippen molar-refractivity contribution in [2.75, 3.05) is 0 Å². The van der Waals surface area contributed by atoms with E-state index in [1.165, 1.54) is 0 Å².